The Morgan fingerprint density at radius 3 is 2.63 bits per heavy atom. The maximum atomic E-state index is 13.3. The molecular weight excluding hydrogens is 496 g/mol. The van der Waals surface area contributed by atoms with Crippen LogP contribution in [0.3, 0.4) is 0 Å². The van der Waals surface area contributed by atoms with E-state index in [1.165, 1.54) is 17.2 Å². The number of hydrogen-bond acceptors (Lipinski definition) is 5. The number of fused-ring (bicyclic) bond motifs is 2. The summed E-state index contributed by atoms with van der Waals surface area (Å²) in [6, 6.07) is 17.1. The van der Waals surface area contributed by atoms with Crippen LogP contribution in [-0.2, 0) is 25.7 Å². The van der Waals surface area contributed by atoms with Crippen LogP contribution in [-0.4, -0.2) is 11.1 Å². The number of aryl methyl sites for hydroxylation is 1. The summed E-state index contributed by atoms with van der Waals surface area (Å²) in [5.74, 6) is -1.25. The Hall–Kier alpha value is -2.59. The van der Waals surface area contributed by atoms with Gasteiger partial charge in [0.15, 0.2) is 0 Å². The molecule has 0 bridgehead atoms. The smallest absolute Gasteiger partial charge is 0.373 e. The molecule has 1 aliphatic heterocycles. The molecule has 3 N–H and O–H groups in total. The van der Waals surface area contributed by atoms with E-state index in [0.717, 1.165) is 69.2 Å². The van der Waals surface area contributed by atoms with E-state index >= 15 is 0 Å². The highest BCUT2D eigenvalue weighted by molar-refractivity contribution is 7.93. The largest absolute Gasteiger partial charge is 0.419 e. The van der Waals surface area contributed by atoms with Crippen LogP contribution in [0.2, 0.25) is 0 Å². The Bertz CT molecular complexity index is 1310. The third-order valence-corrected chi connectivity index (χ3v) is 7.64. The minimum Gasteiger partial charge on any atom is -0.373 e. The van der Waals surface area contributed by atoms with Crippen LogP contribution >= 0.6 is 23.4 Å². The summed E-state index contributed by atoms with van der Waals surface area (Å²) in [7, 11) is 0. The Balaban J connectivity index is 0.000000201. The van der Waals surface area contributed by atoms with E-state index in [2.05, 4.69) is 16.7 Å². The summed E-state index contributed by atoms with van der Waals surface area (Å²) in [5, 5.41) is 8.46. The van der Waals surface area contributed by atoms with Gasteiger partial charge in [-0.25, -0.2) is 4.39 Å². The van der Waals surface area contributed by atoms with Crippen molar-refractivity contribution in [3.05, 3.63) is 94.3 Å². The lowest BCUT2D eigenvalue weighted by Gasteiger charge is -2.18. The van der Waals surface area contributed by atoms with Crippen LogP contribution in [0.4, 0.5) is 22.6 Å². The highest BCUT2D eigenvalue weighted by Gasteiger charge is 2.34. The number of nitrogens with one attached hydrogen (secondary N) is 2. The number of rotatable bonds is 4. The lowest BCUT2D eigenvalue weighted by Crippen LogP contribution is -2.23. The van der Waals surface area contributed by atoms with Crippen LogP contribution in [0.1, 0.15) is 27.8 Å². The topological polar surface area (TPSA) is 44.3 Å². The molecule has 0 unspecified atom stereocenters. The van der Waals surface area contributed by atoms with E-state index in [1.54, 1.807) is 11.3 Å². The van der Waals surface area contributed by atoms with Crippen LogP contribution in [0, 0.1) is 12.7 Å². The van der Waals surface area contributed by atoms with E-state index in [4.69, 9.17) is 4.55 Å². The first-order chi connectivity index (χ1) is 16.8. The molecule has 9 heteroatoms. The molecule has 1 aromatic heterocycles. The third-order valence-electron chi connectivity index (χ3n) is 5.83. The van der Waals surface area contributed by atoms with Gasteiger partial charge in [-0.3, -0.25) is 0 Å². The number of anilines is 1. The molecule has 2 heterocycles. The van der Waals surface area contributed by atoms with Gasteiger partial charge in [-0.15, -0.1) is 11.3 Å². The van der Waals surface area contributed by atoms with E-state index in [9.17, 15) is 17.6 Å². The summed E-state index contributed by atoms with van der Waals surface area (Å²) in [4.78, 5) is 0.986. The maximum absolute atomic E-state index is 13.3. The first-order valence-electron chi connectivity index (χ1n) is 11.0. The average Bonchev–Trinajstić information content (AvgIpc) is 3.18. The standard InChI is InChI=1S/C17H13F4NS.C9H11NOS/c1-10-12-4-2-3-5-15(12)23-16(10)22-9-11-6-7-14(18)13(8-11)17(19,20)21;11-12-9-3-1-2-7-4-5-10-6-8(7)9/h2-8,22H,9H2,1H3;1-3,10-11H,4-6H2. The fraction of sp³-hybridized carbons (Fsp3) is 0.231. The summed E-state index contributed by atoms with van der Waals surface area (Å²) in [6.45, 7) is 4.11. The van der Waals surface area contributed by atoms with E-state index in [1.807, 2.05) is 43.3 Å². The summed E-state index contributed by atoms with van der Waals surface area (Å²) >= 11 is 2.39. The molecule has 0 fully saturated rings. The van der Waals surface area contributed by atoms with Crippen LogP contribution in [0.25, 0.3) is 10.1 Å². The lowest BCUT2D eigenvalue weighted by atomic mass is 10.0. The molecule has 0 atom stereocenters. The van der Waals surface area contributed by atoms with Gasteiger partial charge in [-0.05, 0) is 71.8 Å². The molecule has 1 aliphatic rings. The van der Waals surface area contributed by atoms with Gasteiger partial charge in [0.2, 0.25) is 0 Å². The van der Waals surface area contributed by atoms with Crippen LogP contribution in [0.15, 0.2) is 65.6 Å². The van der Waals surface area contributed by atoms with Gasteiger partial charge in [-0.1, -0.05) is 36.4 Å². The number of halogens is 4. The van der Waals surface area contributed by atoms with Crippen LogP contribution < -0.4 is 10.6 Å². The van der Waals surface area contributed by atoms with Crippen molar-refractivity contribution in [2.24, 2.45) is 0 Å². The normalized spacial score (nSPS) is 13.2. The van der Waals surface area contributed by atoms with Gasteiger partial charge >= 0.3 is 6.18 Å². The summed E-state index contributed by atoms with van der Waals surface area (Å²) in [6.07, 6.45) is -3.61. The van der Waals surface area contributed by atoms with Gasteiger partial charge < -0.3 is 15.2 Å². The van der Waals surface area contributed by atoms with Gasteiger partial charge in [0.1, 0.15) is 5.82 Å². The number of thiophene rings is 1. The highest BCUT2D eigenvalue weighted by atomic mass is 32.2. The Labute approximate surface area is 209 Å². The maximum Gasteiger partial charge on any atom is 0.419 e. The summed E-state index contributed by atoms with van der Waals surface area (Å²) in [5.41, 5.74) is 2.84. The molecule has 4 aromatic rings. The lowest BCUT2D eigenvalue weighted by molar-refractivity contribution is -0.140. The van der Waals surface area contributed by atoms with E-state index in [-0.39, 0.29) is 6.54 Å². The van der Waals surface area contributed by atoms with Gasteiger partial charge in [-0.2, -0.15) is 13.2 Å². The van der Waals surface area contributed by atoms with Crippen molar-refractivity contribution in [1.82, 2.24) is 5.32 Å². The zero-order valence-corrected chi connectivity index (χ0v) is 20.5. The van der Waals surface area contributed by atoms with Crippen molar-refractivity contribution >= 4 is 38.5 Å². The molecule has 0 saturated heterocycles. The number of benzene rings is 3. The SMILES string of the molecule is Cc1c(NCc2ccc(F)c(C(F)(F)F)c2)sc2ccccc12.OSc1cccc2c1CNCC2. The molecule has 0 spiro atoms. The Morgan fingerprint density at radius 2 is 1.89 bits per heavy atom. The zero-order valence-electron chi connectivity index (χ0n) is 18.9. The fourth-order valence-electron chi connectivity index (χ4n) is 3.99. The molecule has 3 aromatic carbocycles. The minimum absolute atomic E-state index is 0.205. The molecule has 35 heavy (non-hydrogen) atoms. The molecule has 3 nitrogen and oxygen atoms in total. The minimum atomic E-state index is -4.69. The predicted molar refractivity (Wildman–Crippen MR) is 136 cm³/mol. The molecule has 0 amide bonds. The van der Waals surface area contributed by atoms with Crippen molar-refractivity contribution in [2.75, 3.05) is 11.9 Å². The molecule has 0 radical (unpaired) electrons. The molecule has 184 valence electrons. The fourth-order valence-corrected chi connectivity index (χ4v) is 5.55. The monoisotopic (exact) mass is 520 g/mol. The average molecular weight is 521 g/mol. The first-order valence-corrected chi connectivity index (χ1v) is 12.6. The predicted octanol–water partition coefficient (Wildman–Crippen LogP) is 7.88. The highest BCUT2D eigenvalue weighted by Crippen LogP contribution is 2.36. The molecule has 0 saturated carbocycles. The van der Waals surface area contributed by atoms with E-state index < -0.39 is 17.6 Å². The first kappa shape index (κ1) is 25.5. The zero-order chi connectivity index (χ0) is 25.0. The van der Waals surface area contributed by atoms with Gasteiger partial charge in [0.25, 0.3) is 0 Å². The Morgan fingerprint density at radius 1 is 1.09 bits per heavy atom. The van der Waals surface area contributed by atoms with Crippen molar-refractivity contribution < 1.29 is 22.1 Å². The summed E-state index contributed by atoms with van der Waals surface area (Å²) < 4.78 is 61.6. The molecule has 5 rings (SSSR count). The number of hydrogen-bond donors (Lipinski definition) is 3. The van der Waals surface area contributed by atoms with Crippen molar-refractivity contribution in [2.45, 2.75) is 37.5 Å². The Kier molecular flexibility index (Phi) is 8.01. The quantitative estimate of drug-likeness (QED) is 0.189. The van der Waals surface area contributed by atoms with E-state index in [0.29, 0.717) is 5.56 Å². The van der Waals surface area contributed by atoms with Crippen molar-refractivity contribution in [3.8, 4) is 0 Å². The van der Waals surface area contributed by atoms with Crippen LogP contribution in [0.5, 0.6) is 0 Å². The van der Waals surface area contributed by atoms with Gasteiger partial charge in [0.05, 0.1) is 10.6 Å². The number of alkyl halides is 3. The second kappa shape index (κ2) is 11.0. The molecular formula is C26H24F4N2OS2. The second-order valence-corrected chi connectivity index (χ2v) is 9.80. The third kappa shape index (κ3) is 5.98. The second-order valence-electron chi connectivity index (χ2n) is 8.13. The van der Waals surface area contributed by atoms with Crippen molar-refractivity contribution in [3.63, 3.8) is 0 Å². The molecule has 0 aliphatic carbocycles. The van der Waals surface area contributed by atoms with Gasteiger partial charge in [0, 0.05) is 34.7 Å². The van der Waals surface area contributed by atoms with Crippen molar-refractivity contribution in [1.29, 1.82) is 0 Å².